The molecule has 5 rings (SSSR count). The third-order valence-corrected chi connectivity index (χ3v) is 7.61. The molecule has 1 aliphatic heterocycles. The van der Waals surface area contributed by atoms with Crippen LogP contribution in [0.3, 0.4) is 0 Å². The number of fused-ring (bicyclic) bond motifs is 1. The van der Waals surface area contributed by atoms with Crippen LogP contribution in [-0.2, 0) is 9.59 Å². The van der Waals surface area contributed by atoms with Crippen LogP contribution in [-0.4, -0.2) is 35.5 Å². The van der Waals surface area contributed by atoms with Gasteiger partial charge < -0.3 is 14.6 Å². The maximum absolute atomic E-state index is 13.5. The number of hydrogen-bond donors (Lipinski definition) is 1. The maximum Gasteiger partial charge on any atom is 0.301 e. The first kappa shape index (κ1) is 25.5. The normalized spacial score (nSPS) is 17.0. The fraction of sp³-hybridized carbons (Fsp3) is 0.233. The highest BCUT2D eigenvalue weighted by molar-refractivity contribution is 7.22. The Labute approximate surface area is 225 Å². The van der Waals surface area contributed by atoms with E-state index in [1.54, 1.807) is 37.4 Å². The number of carbonyl (C=O) groups excluding carboxylic acids is 2. The van der Waals surface area contributed by atoms with E-state index in [9.17, 15) is 14.7 Å². The van der Waals surface area contributed by atoms with E-state index in [4.69, 9.17) is 9.47 Å². The molecule has 194 valence electrons. The smallest absolute Gasteiger partial charge is 0.301 e. The Morgan fingerprint density at radius 1 is 1.03 bits per heavy atom. The lowest BCUT2D eigenvalue weighted by molar-refractivity contribution is -0.132. The molecule has 1 N–H and O–H groups in total. The molecular formula is C30H28N2O5S. The van der Waals surface area contributed by atoms with E-state index in [0.29, 0.717) is 45.8 Å². The number of carbonyl (C=O) groups is 2. The van der Waals surface area contributed by atoms with Crippen LogP contribution in [0.5, 0.6) is 11.5 Å². The van der Waals surface area contributed by atoms with Crippen LogP contribution in [0.1, 0.15) is 49.4 Å². The fourth-order valence-corrected chi connectivity index (χ4v) is 5.58. The average molecular weight is 529 g/mol. The lowest BCUT2D eigenvalue weighted by Crippen LogP contribution is -2.29. The second-order valence-corrected chi connectivity index (χ2v) is 10.3. The van der Waals surface area contributed by atoms with Gasteiger partial charge in [0.25, 0.3) is 5.78 Å². The van der Waals surface area contributed by atoms with Crippen molar-refractivity contribution in [2.75, 3.05) is 18.6 Å². The molecule has 1 saturated heterocycles. The summed E-state index contributed by atoms with van der Waals surface area (Å²) in [5, 5.41) is 11.8. The van der Waals surface area contributed by atoms with E-state index >= 15 is 0 Å². The van der Waals surface area contributed by atoms with Gasteiger partial charge >= 0.3 is 5.91 Å². The molecular weight excluding hydrogens is 500 g/mol. The van der Waals surface area contributed by atoms with Crippen LogP contribution in [0.2, 0.25) is 0 Å². The molecule has 0 saturated carbocycles. The van der Waals surface area contributed by atoms with Gasteiger partial charge in [0.15, 0.2) is 5.13 Å². The zero-order chi connectivity index (χ0) is 27.0. The number of aliphatic hydroxyl groups excluding tert-OH is 1. The number of anilines is 1. The van der Waals surface area contributed by atoms with E-state index < -0.39 is 17.7 Å². The topological polar surface area (TPSA) is 89.0 Å². The minimum absolute atomic E-state index is 0.0216. The van der Waals surface area contributed by atoms with Crippen molar-refractivity contribution in [3.8, 4) is 11.5 Å². The second kappa shape index (κ2) is 10.3. The minimum atomic E-state index is -0.842. The number of rotatable bonds is 7. The molecule has 3 aromatic carbocycles. The summed E-state index contributed by atoms with van der Waals surface area (Å²) in [6.07, 6.45) is 0. The number of hydrogen-bond acceptors (Lipinski definition) is 7. The molecule has 4 aromatic rings. The number of ketones is 1. The minimum Gasteiger partial charge on any atom is -0.507 e. The summed E-state index contributed by atoms with van der Waals surface area (Å²) >= 11 is 1.29. The molecule has 8 heteroatoms. The number of Topliss-reactive ketones (excluding diaryl/α,β-unsaturated/α-hetero) is 1. The van der Waals surface area contributed by atoms with Crippen molar-refractivity contribution in [2.24, 2.45) is 0 Å². The standard InChI is InChI=1S/C30H28N2O5S/c1-5-37-21-12-10-20(11-13-21)27(33)25-26(19-8-6-18(7-9-19)17(2)3)32(29(35)28(25)34)30-31-23-15-14-22(36-4)16-24(23)38-30/h6-17,26,33H,5H2,1-4H3/b27-25+/t26-/m0/s1. The van der Waals surface area contributed by atoms with Crippen LogP contribution in [0, 0.1) is 0 Å². The van der Waals surface area contributed by atoms with Crippen molar-refractivity contribution in [3.63, 3.8) is 0 Å². The molecule has 1 aliphatic rings. The molecule has 0 radical (unpaired) electrons. The van der Waals surface area contributed by atoms with Gasteiger partial charge in [-0.3, -0.25) is 14.5 Å². The second-order valence-electron chi connectivity index (χ2n) is 9.28. The van der Waals surface area contributed by atoms with Crippen molar-refractivity contribution in [3.05, 3.63) is 89.0 Å². The Hall–Kier alpha value is -4.17. The SMILES string of the molecule is CCOc1ccc(/C(O)=C2\C(=O)C(=O)N(c3nc4ccc(OC)cc4s3)[C@H]2c2ccc(C(C)C)cc2)cc1. The van der Waals surface area contributed by atoms with Gasteiger partial charge in [-0.1, -0.05) is 49.4 Å². The van der Waals surface area contributed by atoms with Gasteiger partial charge in [-0.15, -0.1) is 0 Å². The summed E-state index contributed by atoms with van der Waals surface area (Å²) in [6, 6.07) is 19.2. The predicted octanol–water partition coefficient (Wildman–Crippen LogP) is 6.45. The average Bonchev–Trinajstić information content (AvgIpc) is 3.46. The Morgan fingerprint density at radius 3 is 2.34 bits per heavy atom. The van der Waals surface area contributed by atoms with Crippen molar-refractivity contribution in [1.29, 1.82) is 0 Å². The van der Waals surface area contributed by atoms with Gasteiger partial charge in [-0.05, 0) is 66.4 Å². The van der Waals surface area contributed by atoms with Gasteiger partial charge in [-0.2, -0.15) is 0 Å². The first-order valence-electron chi connectivity index (χ1n) is 12.4. The van der Waals surface area contributed by atoms with Crippen molar-refractivity contribution >= 4 is 44.1 Å². The molecule has 0 bridgehead atoms. The Bertz CT molecular complexity index is 1540. The first-order chi connectivity index (χ1) is 18.3. The van der Waals surface area contributed by atoms with Gasteiger partial charge in [0.2, 0.25) is 0 Å². The number of aromatic nitrogens is 1. The van der Waals surface area contributed by atoms with Crippen LogP contribution >= 0.6 is 11.3 Å². The molecule has 38 heavy (non-hydrogen) atoms. The lowest BCUT2D eigenvalue weighted by atomic mass is 9.93. The van der Waals surface area contributed by atoms with Crippen LogP contribution in [0.4, 0.5) is 5.13 Å². The molecule has 1 amide bonds. The van der Waals surface area contributed by atoms with E-state index in [1.807, 2.05) is 43.3 Å². The highest BCUT2D eigenvalue weighted by Gasteiger charge is 2.48. The van der Waals surface area contributed by atoms with Crippen LogP contribution in [0.25, 0.3) is 16.0 Å². The Balaban J connectivity index is 1.67. The zero-order valence-electron chi connectivity index (χ0n) is 21.6. The fourth-order valence-electron chi connectivity index (χ4n) is 4.56. The zero-order valence-corrected chi connectivity index (χ0v) is 22.4. The van der Waals surface area contributed by atoms with Gasteiger partial charge in [0, 0.05) is 5.56 Å². The van der Waals surface area contributed by atoms with Crippen molar-refractivity contribution in [2.45, 2.75) is 32.7 Å². The number of amides is 1. The summed E-state index contributed by atoms with van der Waals surface area (Å²) in [6.45, 7) is 6.60. The van der Waals surface area contributed by atoms with Crippen LogP contribution in [0.15, 0.2) is 72.3 Å². The quantitative estimate of drug-likeness (QED) is 0.168. The number of aliphatic hydroxyl groups is 1. The number of nitrogens with zero attached hydrogens (tertiary/aromatic N) is 2. The lowest BCUT2D eigenvalue weighted by Gasteiger charge is -2.23. The largest absolute Gasteiger partial charge is 0.507 e. The highest BCUT2D eigenvalue weighted by Crippen LogP contribution is 2.45. The molecule has 0 aliphatic carbocycles. The number of thiazole rings is 1. The summed E-state index contributed by atoms with van der Waals surface area (Å²) < 4.78 is 11.7. The third kappa shape index (κ3) is 4.52. The monoisotopic (exact) mass is 528 g/mol. The Morgan fingerprint density at radius 2 is 1.71 bits per heavy atom. The molecule has 0 unspecified atom stereocenters. The van der Waals surface area contributed by atoms with Gasteiger partial charge in [0.05, 0.1) is 35.5 Å². The molecule has 1 aromatic heterocycles. The molecule has 1 atom stereocenters. The predicted molar refractivity (Wildman–Crippen MR) is 149 cm³/mol. The van der Waals surface area contributed by atoms with Crippen LogP contribution < -0.4 is 14.4 Å². The Kier molecular flexibility index (Phi) is 6.91. The third-order valence-electron chi connectivity index (χ3n) is 6.59. The van der Waals surface area contributed by atoms with E-state index in [0.717, 1.165) is 10.3 Å². The summed E-state index contributed by atoms with van der Waals surface area (Å²) in [7, 11) is 1.59. The molecule has 7 nitrogen and oxygen atoms in total. The number of methoxy groups -OCH3 is 1. The first-order valence-corrected chi connectivity index (χ1v) is 13.2. The summed E-state index contributed by atoms with van der Waals surface area (Å²) in [5.41, 5.74) is 2.97. The van der Waals surface area contributed by atoms with Gasteiger partial charge in [0.1, 0.15) is 17.3 Å². The summed E-state index contributed by atoms with van der Waals surface area (Å²) in [5.74, 6) is -0.0953. The number of benzene rings is 3. The molecule has 1 fully saturated rings. The van der Waals surface area contributed by atoms with E-state index in [-0.39, 0.29) is 11.3 Å². The number of ether oxygens (including phenoxy) is 2. The molecule has 2 heterocycles. The van der Waals surface area contributed by atoms with Gasteiger partial charge in [-0.25, -0.2) is 4.98 Å². The van der Waals surface area contributed by atoms with E-state index in [2.05, 4.69) is 18.8 Å². The van der Waals surface area contributed by atoms with Crippen molar-refractivity contribution < 1.29 is 24.2 Å². The molecule has 0 spiro atoms. The van der Waals surface area contributed by atoms with E-state index in [1.165, 1.54) is 16.2 Å². The summed E-state index contributed by atoms with van der Waals surface area (Å²) in [4.78, 5) is 33.0. The highest BCUT2D eigenvalue weighted by atomic mass is 32.1. The van der Waals surface area contributed by atoms with Crippen molar-refractivity contribution in [1.82, 2.24) is 4.98 Å². The maximum atomic E-state index is 13.5.